The number of nitrogens with two attached hydrogens (primary N) is 1. The zero-order valence-electron chi connectivity index (χ0n) is 16.1. The summed E-state index contributed by atoms with van der Waals surface area (Å²) in [6, 6.07) is 10.6. The van der Waals surface area contributed by atoms with Crippen LogP contribution in [-0.2, 0) is 6.61 Å². The summed E-state index contributed by atoms with van der Waals surface area (Å²) in [6.07, 6.45) is 1.50. The highest BCUT2D eigenvalue weighted by atomic mass is 35.5. The van der Waals surface area contributed by atoms with Crippen LogP contribution in [0.25, 0.3) is 0 Å². The second-order valence-corrected chi connectivity index (χ2v) is 7.96. The molecule has 30 heavy (non-hydrogen) atoms. The molecule has 0 atom stereocenters. The Morgan fingerprint density at radius 2 is 2.03 bits per heavy atom. The third-order valence-electron chi connectivity index (χ3n) is 3.97. The van der Waals surface area contributed by atoms with Gasteiger partial charge in [-0.15, -0.1) is 0 Å². The van der Waals surface area contributed by atoms with Crippen molar-refractivity contribution in [3.05, 3.63) is 68.1 Å². The van der Waals surface area contributed by atoms with Gasteiger partial charge < -0.3 is 15.2 Å². The molecular formula is C20H18Cl2N4O3S. The van der Waals surface area contributed by atoms with Gasteiger partial charge in [-0.2, -0.15) is 5.10 Å². The molecule has 0 aliphatic rings. The molecule has 0 saturated carbocycles. The number of carbonyl (C=O) groups excluding carboxylic acids is 1. The number of anilines is 1. The number of hydrazone groups is 1. The maximum atomic E-state index is 12.1. The monoisotopic (exact) mass is 464 g/mol. The number of hydrogen-bond donors (Lipinski definition) is 2. The first kappa shape index (κ1) is 21.9. The number of benzene rings is 2. The van der Waals surface area contributed by atoms with Crippen molar-refractivity contribution in [2.24, 2.45) is 5.10 Å². The maximum Gasteiger partial charge on any atom is 0.283 e. The summed E-state index contributed by atoms with van der Waals surface area (Å²) >= 11 is 13.1. The van der Waals surface area contributed by atoms with Crippen molar-refractivity contribution in [2.45, 2.75) is 13.5 Å². The van der Waals surface area contributed by atoms with E-state index in [2.05, 4.69) is 15.5 Å². The molecule has 1 amide bonds. The molecule has 0 bridgehead atoms. The Morgan fingerprint density at radius 1 is 1.23 bits per heavy atom. The van der Waals surface area contributed by atoms with Gasteiger partial charge in [0.1, 0.15) is 11.5 Å². The summed E-state index contributed by atoms with van der Waals surface area (Å²) in [4.78, 5) is 16.6. The topological polar surface area (TPSA) is 98.8 Å². The molecule has 0 saturated heterocycles. The van der Waals surface area contributed by atoms with Crippen LogP contribution in [0, 0.1) is 6.92 Å². The molecule has 0 spiro atoms. The lowest BCUT2D eigenvalue weighted by Crippen LogP contribution is -2.17. The number of nitrogen functional groups attached to an aromatic ring is 1. The third-order valence-corrected chi connectivity index (χ3v) is 5.69. The Bertz CT molecular complexity index is 1100. The van der Waals surface area contributed by atoms with Crippen molar-refractivity contribution in [2.75, 3.05) is 12.8 Å². The van der Waals surface area contributed by atoms with Crippen molar-refractivity contribution >= 4 is 51.8 Å². The first-order chi connectivity index (χ1) is 14.4. The number of thiazole rings is 1. The molecule has 3 rings (SSSR count). The Kier molecular flexibility index (Phi) is 7.15. The highest BCUT2D eigenvalue weighted by Crippen LogP contribution is 2.29. The number of ether oxygens (including phenoxy) is 2. The lowest BCUT2D eigenvalue weighted by Gasteiger charge is -2.11. The van der Waals surface area contributed by atoms with Crippen LogP contribution in [0.3, 0.4) is 0 Å². The molecule has 0 aliphatic heterocycles. The molecule has 2 aromatic carbocycles. The summed E-state index contributed by atoms with van der Waals surface area (Å²) in [5.74, 6) is 0.712. The Labute approximate surface area is 187 Å². The summed E-state index contributed by atoms with van der Waals surface area (Å²) in [6.45, 7) is 2.02. The van der Waals surface area contributed by atoms with Crippen LogP contribution >= 0.6 is 34.5 Å². The predicted molar refractivity (Wildman–Crippen MR) is 120 cm³/mol. The number of nitrogens with one attached hydrogen (secondary N) is 1. The average Bonchev–Trinajstić information content (AvgIpc) is 3.07. The molecular weight excluding hydrogens is 447 g/mol. The fraction of sp³-hybridized carbons (Fsp3) is 0.150. The molecule has 0 radical (unpaired) electrons. The largest absolute Gasteiger partial charge is 0.493 e. The Morgan fingerprint density at radius 3 is 2.70 bits per heavy atom. The van der Waals surface area contributed by atoms with Gasteiger partial charge in [0.2, 0.25) is 0 Å². The van der Waals surface area contributed by atoms with E-state index in [9.17, 15) is 4.79 Å². The van der Waals surface area contributed by atoms with Gasteiger partial charge in [-0.1, -0.05) is 40.6 Å². The van der Waals surface area contributed by atoms with E-state index in [1.807, 2.05) is 6.07 Å². The minimum atomic E-state index is -0.369. The van der Waals surface area contributed by atoms with E-state index in [0.717, 1.165) is 22.5 Å². The van der Waals surface area contributed by atoms with E-state index in [1.54, 1.807) is 44.4 Å². The van der Waals surface area contributed by atoms with Crippen molar-refractivity contribution < 1.29 is 14.3 Å². The van der Waals surface area contributed by atoms with Gasteiger partial charge in [0.15, 0.2) is 16.6 Å². The van der Waals surface area contributed by atoms with Crippen molar-refractivity contribution in [1.29, 1.82) is 0 Å². The minimum Gasteiger partial charge on any atom is -0.493 e. The standard InChI is InChI=1S/C20H18Cl2N4O3S/c1-11-18(30-20(23)25-11)19(27)26-24-9-12-4-6-16(17(8-12)28-2)29-10-13-3-5-14(21)15(22)7-13/h3-9H,10H2,1-2H3,(H2,23,25)(H,26,27)/b24-9+. The average molecular weight is 465 g/mol. The first-order valence-corrected chi connectivity index (χ1v) is 10.3. The van der Waals surface area contributed by atoms with E-state index >= 15 is 0 Å². The van der Waals surface area contributed by atoms with E-state index in [1.165, 1.54) is 6.21 Å². The minimum absolute atomic E-state index is 0.300. The SMILES string of the molecule is COc1cc(/C=N/NC(=O)c2sc(N)nc2C)ccc1OCc1ccc(Cl)c(Cl)c1. The number of aryl methyl sites for hydroxylation is 1. The van der Waals surface area contributed by atoms with Gasteiger partial charge >= 0.3 is 0 Å². The van der Waals surface area contributed by atoms with E-state index in [0.29, 0.717) is 43.9 Å². The molecule has 3 N–H and O–H groups in total. The summed E-state index contributed by atoms with van der Waals surface area (Å²) < 4.78 is 11.2. The number of amides is 1. The van der Waals surface area contributed by atoms with Gasteiger partial charge in [0.05, 0.1) is 29.1 Å². The normalized spacial score (nSPS) is 10.9. The smallest absolute Gasteiger partial charge is 0.283 e. The predicted octanol–water partition coefficient (Wildman–Crippen LogP) is 4.69. The molecule has 10 heteroatoms. The Balaban J connectivity index is 1.64. The fourth-order valence-electron chi connectivity index (χ4n) is 2.52. The first-order valence-electron chi connectivity index (χ1n) is 8.68. The zero-order valence-corrected chi connectivity index (χ0v) is 18.4. The van der Waals surface area contributed by atoms with E-state index < -0.39 is 0 Å². The van der Waals surface area contributed by atoms with Crippen LogP contribution in [0.5, 0.6) is 11.5 Å². The van der Waals surface area contributed by atoms with Crippen molar-refractivity contribution in [3.8, 4) is 11.5 Å². The van der Waals surface area contributed by atoms with Gasteiger partial charge in [-0.25, -0.2) is 10.4 Å². The van der Waals surface area contributed by atoms with Crippen LogP contribution < -0.4 is 20.6 Å². The van der Waals surface area contributed by atoms with Crippen LogP contribution in [-0.4, -0.2) is 24.2 Å². The van der Waals surface area contributed by atoms with Gasteiger partial charge in [-0.05, 0) is 48.4 Å². The molecule has 7 nitrogen and oxygen atoms in total. The van der Waals surface area contributed by atoms with Crippen LogP contribution in [0.1, 0.15) is 26.5 Å². The molecule has 156 valence electrons. The highest BCUT2D eigenvalue weighted by Gasteiger charge is 2.13. The summed E-state index contributed by atoms with van der Waals surface area (Å²) in [7, 11) is 1.54. The summed E-state index contributed by atoms with van der Waals surface area (Å²) in [5.41, 5.74) is 10.2. The molecule has 3 aromatic rings. The van der Waals surface area contributed by atoms with E-state index in [4.69, 9.17) is 38.4 Å². The van der Waals surface area contributed by atoms with Crippen LogP contribution in [0.4, 0.5) is 5.13 Å². The van der Waals surface area contributed by atoms with Gasteiger partial charge in [0, 0.05) is 0 Å². The molecule has 0 unspecified atom stereocenters. The summed E-state index contributed by atoms with van der Waals surface area (Å²) in [5, 5.41) is 5.27. The number of hydrogen-bond acceptors (Lipinski definition) is 7. The number of methoxy groups -OCH3 is 1. The molecule has 0 aliphatic carbocycles. The third kappa shape index (κ3) is 5.41. The Hall–Kier alpha value is -2.81. The van der Waals surface area contributed by atoms with Gasteiger partial charge in [0.25, 0.3) is 5.91 Å². The lowest BCUT2D eigenvalue weighted by molar-refractivity contribution is 0.0958. The second-order valence-electron chi connectivity index (χ2n) is 6.11. The second kappa shape index (κ2) is 9.80. The number of nitrogens with zero attached hydrogens (tertiary/aromatic N) is 2. The maximum absolute atomic E-state index is 12.1. The van der Waals surface area contributed by atoms with Crippen molar-refractivity contribution in [3.63, 3.8) is 0 Å². The molecule has 1 aromatic heterocycles. The van der Waals surface area contributed by atoms with E-state index in [-0.39, 0.29) is 5.91 Å². The van der Waals surface area contributed by atoms with Crippen LogP contribution in [0.15, 0.2) is 41.5 Å². The zero-order chi connectivity index (χ0) is 21.7. The molecule has 1 heterocycles. The van der Waals surface area contributed by atoms with Crippen LogP contribution in [0.2, 0.25) is 10.0 Å². The highest BCUT2D eigenvalue weighted by molar-refractivity contribution is 7.17. The fourth-order valence-corrected chi connectivity index (χ4v) is 3.56. The quantitative estimate of drug-likeness (QED) is 0.390. The number of aromatic nitrogens is 1. The van der Waals surface area contributed by atoms with Crippen molar-refractivity contribution in [1.82, 2.24) is 10.4 Å². The number of halogens is 2. The lowest BCUT2D eigenvalue weighted by atomic mass is 10.2. The van der Waals surface area contributed by atoms with Gasteiger partial charge in [-0.3, -0.25) is 4.79 Å². The molecule has 0 fully saturated rings. The number of carbonyl (C=O) groups is 1. The number of rotatable bonds is 7.